The first kappa shape index (κ1) is 24.4. The van der Waals surface area contributed by atoms with E-state index in [0.29, 0.717) is 38.3 Å². The van der Waals surface area contributed by atoms with Gasteiger partial charge in [-0.1, -0.05) is 65.2 Å². The van der Waals surface area contributed by atoms with Crippen LogP contribution in [0.3, 0.4) is 0 Å². The number of alkyl halides is 3. The molecule has 5 rings (SSSR count). The van der Waals surface area contributed by atoms with E-state index >= 15 is 0 Å². The number of aromatic nitrogens is 4. The zero-order chi connectivity index (χ0) is 25.0. The maximum absolute atomic E-state index is 13.9. The Kier molecular flexibility index (Phi) is 6.27. The molecule has 1 aliphatic rings. The molecule has 0 aliphatic heterocycles. The van der Waals surface area contributed by atoms with Crippen LogP contribution in [0.2, 0.25) is 10.0 Å². The molecule has 2 aromatic carbocycles. The molecule has 1 unspecified atom stereocenters. The van der Waals surface area contributed by atoms with Crippen LogP contribution in [-0.4, -0.2) is 36.6 Å². The molecule has 1 saturated carbocycles. The summed E-state index contributed by atoms with van der Waals surface area (Å²) in [6.07, 6.45) is -2.52. The fourth-order valence-corrected chi connectivity index (χ4v) is 6.53. The van der Waals surface area contributed by atoms with Crippen molar-refractivity contribution in [3.8, 4) is 27.6 Å². The van der Waals surface area contributed by atoms with E-state index < -0.39 is 22.4 Å². The maximum Gasteiger partial charge on any atom is 0.400 e. The van der Waals surface area contributed by atoms with Gasteiger partial charge in [0, 0.05) is 16.8 Å². The molecule has 0 bridgehead atoms. The summed E-state index contributed by atoms with van der Waals surface area (Å²) in [6.45, 7) is 0. The van der Waals surface area contributed by atoms with Crippen molar-refractivity contribution in [3.63, 3.8) is 0 Å². The fourth-order valence-electron chi connectivity index (χ4n) is 4.14. The first-order chi connectivity index (χ1) is 16.6. The number of rotatable bonds is 5. The van der Waals surface area contributed by atoms with Crippen molar-refractivity contribution in [2.75, 3.05) is 6.26 Å². The lowest BCUT2D eigenvalue weighted by molar-refractivity contribution is -0.212. The second-order valence-corrected chi connectivity index (χ2v) is 11.3. The lowest BCUT2D eigenvalue weighted by Gasteiger charge is -2.40. The Balaban J connectivity index is 1.75. The molecule has 0 radical (unpaired) electrons. The van der Waals surface area contributed by atoms with Gasteiger partial charge in [0.15, 0.2) is 5.01 Å². The molecule has 0 N–H and O–H groups in total. The molecule has 4 aromatic rings. The van der Waals surface area contributed by atoms with Gasteiger partial charge in [-0.25, -0.2) is 4.68 Å². The largest absolute Gasteiger partial charge is 0.400 e. The highest BCUT2D eigenvalue weighted by Crippen LogP contribution is 2.55. The van der Waals surface area contributed by atoms with Crippen molar-refractivity contribution in [3.05, 3.63) is 63.6 Å². The van der Waals surface area contributed by atoms with E-state index in [2.05, 4.69) is 15.3 Å². The monoisotopic (exact) mass is 556 g/mol. The van der Waals surface area contributed by atoms with Crippen LogP contribution in [-0.2, 0) is 16.2 Å². The van der Waals surface area contributed by atoms with Crippen molar-refractivity contribution in [2.24, 2.45) is 0 Å². The van der Waals surface area contributed by atoms with E-state index in [-0.39, 0.29) is 28.6 Å². The van der Waals surface area contributed by atoms with Crippen LogP contribution >= 0.6 is 34.5 Å². The lowest BCUT2D eigenvalue weighted by Crippen LogP contribution is -2.47. The minimum absolute atomic E-state index is 0.0260. The smallest absolute Gasteiger partial charge is 0.254 e. The van der Waals surface area contributed by atoms with Crippen LogP contribution in [0.25, 0.3) is 27.6 Å². The molecule has 1 atom stereocenters. The predicted molar refractivity (Wildman–Crippen MR) is 132 cm³/mol. The number of halogens is 5. The topological polar surface area (TPSA) is 60.7 Å². The summed E-state index contributed by atoms with van der Waals surface area (Å²) >= 11 is 13.4. The number of hydrogen-bond donors (Lipinski definition) is 0. The second-order valence-electron chi connectivity index (χ2n) is 8.20. The number of hydrogen-bond acceptors (Lipinski definition) is 5. The van der Waals surface area contributed by atoms with Crippen LogP contribution in [0.5, 0.6) is 0 Å². The van der Waals surface area contributed by atoms with Gasteiger partial charge in [-0.3, -0.25) is 4.21 Å². The van der Waals surface area contributed by atoms with E-state index in [1.165, 1.54) is 6.26 Å². The second kappa shape index (κ2) is 8.99. The van der Waals surface area contributed by atoms with Crippen LogP contribution in [0, 0.1) is 0 Å². The van der Waals surface area contributed by atoms with Gasteiger partial charge < -0.3 is 0 Å². The summed E-state index contributed by atoms with van der Waals surface area (Å²) in [6, 6.07) is 13.9. The third kappa shape index (κ3) is 4.10. The van der Waals surface area contributed by atoms with Crippen LogP contribution in [0.1, 0.15) is 24.3 Å². The SMILES string of the molecule is CS(=O)c1c(-c2nnc(C3(C(F)(F)F)CCC3)s2)nn(-c2ccccc2Cl)c1-c1ccc(Cl)cc1. The van der Waals surface area contributed by atoms with Crippen molar-refractivity contribution in [1.29, 1.82) is 0 Å². The summed E-state index contributed by atoms with van der Waals surface area (Å²) in [4.78, 5) is 0.324. The first-order valence-electron chi connectivity index (χ1n) is 10.5. The molecule has 1 fully saturated rings. The van der Waals surface area contributed by atoms with E-state index in [4.69, 9.17) is 23.2 Å². The third-order valence-corrected chi connectivity index (χ3v) is 8.78. The summed E-state index contributed by atoms with van der Waals surface area (Å²) in [7, 11) is -1.58. The average molecular weight is 557 g/mol. The molecule has 182 valence electrons. The Labute approximate surface area is 215 Å². The molecule has 5 nitrogen and oxygen atoms in total. The lowest BCUT2D eigenvalue weighted by atomic mass is 9.68. The molecular formula is C23H17Cl2F3N4OS2. The normalized spacial score (nSPS) is 16.2. The highest BCUT2D eigenvalue weighted by atomic mass is 35.5. The molecule has 35 heavy (non-hydrogen) atoms. The standard InChI is InChI=1S/C23H17Cl2F3N4OS2/c1-35(33)19-17(20-29-30-21(34-20)22(11-4-12-22)23(26,27)28)31-32(16-6-3-2-5-15(16)25)18(19)13-7-9-14(24)10-8-13/h2-3,5-10H,4,11-12H2,1H3. The summed E-state index contributed by atoms with van der Waals surface area (Å²) in [5, 5.41) is 13.6. The Bertz CT molecular complexity index is 1430. The maximum atomic E-state index is 13.9. The Hall–Kier alpha value is -2.27. The third-order valence-electron chi connectivity index (χ3n) is 6.11. The molecule has 2 aromatic heterocycles. The van der Waals surface area contributed by atoms with Gasteiger partial charge in [0.1, 0.15) is 16.1 Å². The van der Waals surface area contributed by atoms with Crippen molar-refractivity contribution >= 4 is 45.3 Å². The molecule has 12 heteroatoms. The quantitative estimate of drug-likeness (QED) is 0.263. The Morgan fingerprint density at radius 3 is 2.31 bits per heavy atom. The molecule has 0 saturated heterocycles. The number of nitrogens with zero attached hydrogens (tertiary/aromatic N) is 4. The fraction of sp³-hybridized carbons (Fsp3) is 0.261. The zero-order valence-electron chi connectivity index (χ0n) is 18.1. The van der Waals surface area contributed by atoms with Gasteiger partial charge in [-0.15, -0.1) is 10.2 Å². The minimum Gasteiger partial charge on any atom is -0.254 e. The van der Waals surface area contributed by atoms with Gasteiger partial charge in [-0.2, -0.15) is 18.3 Å². The number of benzene rings is 2. The van der Waals surface area contributed by atoms with Gasteiger partial charge in [0.25, 0.3) is 0 Å². The summed E-state index contributed by atoms with van der Waals surface area (Å²) < 4.78 is 56.3. The van der Waals surface area contributed by atoms with Gasteiger partial charge in [-0.05, 0) is 37.1 Å². The van der Waals surface area contributed by atoms with E-state index in [0.717, 1.165) is 11.3 Å². The molecule has 0 amide bonds. The van der Waals surface area contributed by atoms with E-state index in [1.807, 2.05) is 0 Å². The molecular weight excluding hydrogens is 540 g/mol. The zero-order valence-corrected chi connectivity index (χ0v) is 21.3. The van der Waals surface area contributed by atoms with Crippen LogP contribution < -0.4 is 0 Å². The minimum atomic E-state index is -4.43. The van der Waals surface area contributed by atoms with E-state index in [1.54, 1.807) is 53.2 Å². The average Bonchev–Trinajstić information content (AvgIpc) is 3.38. The highest BCUT2D eigenvalue weighted by molar-refractivity contribution is 7.84. The van der Waals surface area contributed by atoms with Crippen molar-refractivity contribution in [1.82, 2.24) is 20.0 Å². The molecule has 2 heterocycles. The Morgan fingerprint density at radius 2 is 1.74 bits per heavy atom. The molecule has 1 aliphatic carbocycles. The number of para-hydroxylation sites is 1. The van der Waals surface area contributed by atoms with Gasteiger partial charge >= 0.3 is 6.18 Å². The van der Waals surface area contributed by atoms with Crippen LogP contribution in [0.15, 0.2) is 53.4 Å². The Morgan fingerprint density at radius 1 is 1.06 bits per heavy atom. The van der Waals surface area contributed by atoms with Crippen molar-refractivity contribution in [2.45, 2.75) is 35.7 Å². The van der Waals surface area contributed by atoms with Crippen LogP contribution in [0.4, 0.5) is 13.2 Å². The predicted octanol–water partition coefficient (Wildman–Crippen LogP) is 7.09. The first-order valence-corrected chi connectivity index (χ1v) is 13.6. The summed E-state index contributed by atoms with van der Waals surface area (Å²) in [5.74, 6) is 0. The van der Waals surface area contributed by atoms with Gasteiger partial charge in [0.2, 0.25) is 0 Å². The van der Waals surface area contributed by atoms with E-state index in [9.17, 15) is 17.4 Å². The highest BCUT2D eigenvalue weighted by Gasteiger charge is 2.61. The van der Waals surface area contributed by atoms with Crippen molar-refractivity contribution < 1.29 is 17.4 Å². The van der Waals surface area contributed by atoms with Gasteiger partial charge in [0.05, 0.1) is 32.1 Å². The molecule has 0 spiro atoms. The summed E-state index contributed by atoms with van der Waals surface area (Å²) in [5.41, 5.74) is -0.118.